The SMILES string of the molecule is CC(C)CCOc1ccc(C(C)NC(=O)CC2CC3CCC(C2)N3)cc1.Cl. The van der Waals surface area contributed by atoms with Gasteiger partial charge in [0.25, 0.3) is 0 Å². The summed E-state index contributed by atoms with van der Waals surface area (Å²) in [4.78, 5) is 12.4. The van der Waals surface area contributed by atoms with Crippen LogP contribution in [0.4, 0.5) is 0 Å². The van der Waals surface area contributed by atoms with Crippen LogP contribution < -0.4 is 15.4 Å². The van der Waals surface area contributed by atoms with Crippen molar-refractivity contribution in [2.75, 3.05) is 6.61 Å². The molecule has 3 rings (SSSR count). The Balaban J connectivity index is 0.00000261. The minimum Gasteiger partial charge on any atom is -0.494 e. The van der Waals surface area contributed by atoms with Gasteiger partial charge in [0.2, 0.25) is 5.91 Å². The van der Waals surface area contributed by atoms with Gasteiger partial charge in [0.1, 0.15) is 5.75 Å². The first-order chi connectivity index (χ1) is 12.5. The zero-order valence-electron chi connectivity index (χ0n) is 16.9. The molecule has 0 aromatic heterocycles. The van der Waals surface area contributed by atoms with Crippen LogP contribution in [0.3, 0.4) is 0 Å². The number of nitrogens with one attached hydrogen (secondary N) is 2. The van der Waals surface area contributed by atoms with Crippen molar-refractivity contribution < 1.29 is 9.53 Å². The van der Waals surface area contributed by atoms with Gasteiger partial charge in [0, 0.05) is 18.5 Å². The van der Waals surface area contributed by atoms with E-state index in [1.807, 2.05) is 12.1 Å². The number of benzene rings is 1. The maximum atomic E-state index is 12.4. The third-order valence-electron chi connectivity index (χ3n) is 5.77. The molecule has 3 unspecified atom stereocenters. The van der Waals surface area contributed by atoms with E-state index in [0.29, 0.717) is 30.3 Å². The monoisotopic (exact) mass is 394 g/mol. The van der Waals surface area contributed by atoms with Gasteiger partial charge in [-0.25, -0.2) is 0 Å². The number of piperidine rings is 1. The summed E-state index contributed by atoms with van der Waals surface area (Å²) in [6, 6.07) is 9.44. The Morgan fingerprint density at radius 1 is 1.15 bits per heavy atom. The Bertz CT molecular complexity index is 578. The lowest BCUT2D eigenvalue weighted by Crippen LogP contribution is -2.40. The molecule has 2 heterocycles. The summed E-state index contributed by atoms with van der Waals surface area (Å²) in [5.41, 5.74) is 1.12. The Kier molecular flexibility index (Phi) is 8.43. The minimum atomic E-state index is 0. The van der Waals surface area contributed by atoms with Gasteiger partial charge in [-0.2, -0.15) is 0 Å². The fourth-order valence-electron chi connectivity index (χ4n) is 4.25. The minimum absolute atomic E-state index is 0. The molecule has 2 bridgehead atoms. The Hall–Kier alpha value is -1.26. The molecular formula is C22H35ClN2O2. The zero-order chi connectivity index (χ0) is 18.5. The van der Waals surface area contributed by atoms with Crippen molar-refractivity contribution in [3.63, 3.8) is 0 Å². The summed E-state index contributed by atoms with van der Waals surface area (Å²) in [7, 11) is 0. The lowest BCUT2D eigenvalue weighted by atomic mass is 9.89. The standard InChI is InChI=1S/C22H34N2O2.ClH/c1-15(2)10-11-26-21-8-4-18(5-9-21)16(3)23-22(25)14-17-12-19-6-7-20(13-17)24-19;/h4-5,8-9,15-17,19-20,24H,6-7,10-14H2,1-3H3,(H,23,25);1H. The number of hydrogen-bond donors (Lipinski definition) is 2. The highest BCUT2D eigenvalue weighted by molar-refractivity contribution is 5.85. The average molecular weight is 395 g/mol. The fourth-order valence-corrected chi connectivity index (χ4v) is 4.25. The number of hydrogen-bond acceptors (Lipinski definition) is 3. The second kappa shape index (κ2) is 10.3. The van der Waals surface area contributed by atoms with Crippen LogP contribution in [0.1, 0.15) is 70.9 Å². The maximum absolute atomic E-state index is 12.4. The Morgan fingerprint density at radius 2 is 1.78 bits per heavy atom. The van der Waals surface area contributed by atoms with Gasteiger partial charge in [-0.05, 0) is 68.6 Å². The molecule has 1 aromatic carbocycles. The normalized spacial score (nSPS) is 25.0. The van der Waals surface area contributed by atoms with Gasteiger partial charge < -0.3 is 15.4 Å². The zero-order valence-corrected chi connectivity index (χ0v) is 17.7. The van der Waals surface area contributed by atoms with E-state index in [2.05, 4.69) is 43.5 Å². The van der Waals surface area contributed by atoms with Crippen LogP contribution in [0.2, 0.25) is 0 Å². The van der Waals surface area contributed by atoms with Gasteiger partial charge in [0.15, 0.2) is 0 Å². The lowest BCUT2D eigenvalue weighted by Gasteiger charge is -2.29. The molecular weight excluding hydrogens is 360 g/mol. The molecule has 0 aliphatic carbocycles. The summed E-state index contributed by atoms with van der Waals surface area (Å²) >= 11 is 0. The number of rotatable bonds is 8. The predicted octanol–water partition coefficient (Wildman–Crippen LogP) is 4.63. The summed E-state index contributed by atoms with van der Waals surface area (Å²) in [5, 5.41) is 6.81. The van der Waals surface area contributed by atoms with Crippen LogP contribution in [0.25, 0.3) is 0 Å². The third-order valence-corrected chi connectivity index (χ3v) is 5.77. The molecule has 152 valence electrons. The van der Waals surface area contributed by atoms with Gasteiger partial charge >= 0.3 is 0 Å². The quantitative estimate of drug-likeness (QED) is 0.675. The highest BCUT2D eigenvalue weighted by Gasteiger charge is 2.34. The number of amides is 1. The van der Waals surface area contributed by atoms with E-state index < -0.39 is 0 Å². The molecule has 1 aromatic rings. The summed E-state index contributed by atoms with van der Waals surface area (Å²) < 4.78 is 5.77. The van der Waals surface area contributed by atoms with Gasteiger partial charge in [-0.1, -0.05) is 26.0 Å². The van der Waals surface area contributed by atoms with Crippen LogP contribution in [-0.4, -0.2) is 24.6 Å². The van der Waals surface area contributed by atoms with Crippen LogP contribution >= 0.6 is 12.4 Å². The van der Waals surface area contributed by atoms with E-state index in [0.717, 1.165) is 37.2 Å². The predicted molar refractivity (Wildman–Crippen MR) is 112 cm³/mol. The second-order valence-electron chi connectivity index (χ2n) is 8.57. The van der Waals surface area contributed by atoms with E-state index in [1.165, 1.54) is 12.8 Å². The number of halogens is 1. The molecule has 2 fully saturated rings. The first kappa shape index (κ1) is 22.0. The Morgan fingerprint density at radius 3 is 2.37 bits per heavy atom. The van der Waals surface area contributed by atoms with Gasteiger partial charge in [-0.15, -0.1) is 12.4 Å². The molecule has 2 saturated heterocycles. The van der Waals surface area contributed by atoms with E-state index in [-0.39, 0.29) is 24.4 Å². The van der Waals surface area contributed by atoms with Crippen molar-refractivity contribution in [1.29, 1.82) is 0 Å². The number of ether oxygens (including phenoxy) is 1. The van der Waals surface area contributed by atoms with Gasteiger partial charge in [-0.3, -0.25) is 4.79 Å². The molecule has 1 amide bonds. The highest BCUT2D eigenvalue weighted by Crippen LogP contribution is 2.32. The molecule has 27 heavy (non-hydrogen) atoms. The summed E-state index contributed by atoms with van der Waals surface area (Å²) in [5.74, 6) is 2.27. The average Bonchev–Trinajstić information content (AvgIpc) is 2.93. The molecule has 2 N–H and O–H groups in total. The topological polar surface area (TPSA) is 50.4 Å². The molecule has 2 aliphatic heterocycles. The van der Waals surface area contributed by atoms with Gasteiger partial charge in [0.05, 0.1) is 12.6 Å². The molecule has 0 saturated carbocycles. The smallest absolute Gasteiger partial charge is 0.220 e. The molecule has 0 radical (unpaired) electrons. The van der Waals surface area contributed by atoms with E-state index in [1.54, 1.807) is 0 Å². The fraction of sp³-hybridized carbons (Fsp3) is 0.682. The largest absolute Gasteiger partial charge is 0.494 e. The first-order valence-electron chi connectivity index (χ1n) is 10.3. The van der Waals surface area contributed by atoms with Crippen LogP contribution in [0.15, 0.2) is 24.3 Å². The lowest BCUT2D eigenvalue weighted by molar-refractivity contribution is -0.122. The van der Waals surface area contributed by atoms with Crippen LogP contribution in [-0.2, 0) is 4.79 Å². The van der Waals surface area contributed by atoms with Crippen LogP contribution in [0.5, 0.6) is 5.75 Å². The van der Waals surface area contributed by atoms with Crippen LogP contribution in [0, 0.1) is 11.8 Å². The van der Waals surface area contributed by atoms with Crippen molar-refractivity contribution in [1.82, 2.24) is 10.6 Å². The summed E-state index contributed by atoms with van der Waals surface area (Å²) in [6.07, 6.45) is 6.60. The Labute approximate surface area is 170 Å². The van der Waals surface area contributed by atoms with Crippen molar-refractivity contribution >= 4 is 18.3 Å². The van der Waals surface area contributed by atoms with Crippen molar-refractivity contribution in [2.24, 2.45) is 11.8 Å². The molecule has 2 aliphatic rings. The van der Waals surface area contributed by atoms with E-state index >= 15 is 0 Å². The van der Waals surface area contributed by atoms with E-state index in [9.17, 15) is 4.79 Å². The molecule has 5 heteroatoms. The third kappa shape index (κ3) is 6.69. The second-order valence-corrected chi connectivity index (χ2v) is 8.57. The van der Waals surface area contributed by atoms with Crippen molar-refractivity contribution in [3.05, 3.63) is 29.8 Å². The number of carbonyl (C=O) groups is 1. The highest BCUT2D eigenvalue weighted by atomic mass is 35.5. The van der Waals surface area contributed by atoms with Crippen molar-refractivity contribution in [2.45, 2.75) is 77.4 Å². The van der Waals surface area contributed by atoms with Crippen molar-refractivity contribution in [3.8, 4) is 5.75 Å². The number of carbonyl (C=O) groups excluding carboxylic acids is 1. The molecule has 3 atom stereocenters. The molecule has 0 spiro atoms. The number of fused-ring (bicyclic) bond motifs is 2. The van der Waals surface area contributed by atoms with E-state index in [4.69, 9.17) is 4.74 Å². The maximum Gasteiger partial charge on any atom is 0.220 e. The molecule has 4 nitrogen and oxygen atoms in total. The first-order valence-corrected chi connectivity index (χ1v) is 10.3. The summed E-state index contributed by atoms with van der Waals surface area (Å²) in [6.45, 7) is 7.21.